The maximum Gasteiger partial charge on any atom is 0.252 e. The minimum atomic E-state index is -0.951. The summed E-state index contributed by atoms with van der Waals surface area (Å²) in [5.74, 6) is 0.578. The first-order valence-electron chi connectivity index (χ1n) is 7.94. The van der Waals surface area contributed by atoms with E-state index in [1.165, 1.54) is 19.1 Å². The second-order valence-corrected chi connectivity index (χ2v) is 6.64. The van der Waals surface area contributed by atoms with Crippen molar-refractivity contribution in [2.45, 2.75) is 38.6 Å². The van der Waals surface area contributed by atoms with Crippen molar-refractivity contribution in [2.75, 3.05) is 14.2 Å². The topological polar surface area (TPSA) is 65.1 Å². The van der Waals surface area contributed by atoms with E-state index in [9.17, 15) is 9.59 Å². The van der Waals surface area contributed by atoms with Crippen LogP contribution in [-0.4, -0.2) is 50.2 Å². The predicted octanol–water partition coefficient (Wildman–Crippen LogP) is 2.87. The second-order valence-electron chi connectivity index (χ2n) is 6.26. The summed E-state index contributed by atoms with van der Waals surface area (Å²) in [6, 6.07) is 4.56. The third-order valence-corrected chi connectivity index (χ3v) is 4.35. The normalized spacial score (nSPS) is 23.0. The van der Waals surface area contributed by atoms with Crippen molar-refractivity contribution in [3.8, 4) is 11.5 Å². The molecule has 1 fully saturated rings. The molecular formula is C17H21BClNO5. The van der Waals surface area contributed by atoms with Crippen LogP contribution in [0.4, 0.5) is 4.79 Å². The van der Waals surface area contributed by atoms with Crippen LogP contribution < -0.4 is 9.47 Å². The molecule has 0 bridgehead atoms. The van der Waals surface area contributed by atoms with Crippen LogP contribution in [0, 0.1) is 5.92 Å². The van der Waals surface area contributed by atoms with E-state index in [-0.39, 0.29) is 5.92 Å². The number of ether oxygens (including phenoxy) is 3. The summed E-state index contributed by atoms with van der Waals surface area (Å²) in [6.45, 7) is 3.96. The highest BCUT2D eigenvalue weighted by Crippen LogP contribution is 2.42. The molecule has 1 aliphatic rings. The number of halogens is 1. The Morgan fingerprint density at radius 1 is 1.32 bits per heavy atom. The smallest absolute Gasteiger partial charge is 0.252 e. The number of hydrogen-bond acceptors (Lipinski definition) is 5. The fraction of sp³-hybridized carbons (Fsp3) is 0.529. The van der Waals surface area contributed by atoms with E-state index in [1.807, 2.05) is 13.8 Å². The fourth-order valence-corrected chi connectivity index (χ4v) is 3.26. The SMILES string of the molecule is [B]C(=O)N1C(c2ccc(OC)cc2OC)O[C@@H](C(=O)Cl)C1CC(C)C. The average Bonchev–Trinajstić information content (AvgIpc) is 2.92. The molecule has 0 N–H and O–H groups in total. The zero-order valence-electron chi connectivity index (χ0n) is 14.7. The monoisotopic (exact) mass is 365 g/mol. The average molecular weight is 366 g/mol. The van der Waals surface area contributed by atoms with E-state index >= 15 is 0 Å². The third kappa shape index (κ3) is 4.10. The minimum Gasteiger partial charge on any atom is -0.497 e. The Bertz CT molecular complexity index is 654. The Labute approximate surface area is 153 Å². The Morgan fingerprint density at radius 2 is 2.00 bits per heavy atom. The van der Waals surface area contributed by atoms with Gasteiger partial charge in [0.1, 0.15) is 11.5 Å². The highest BCUT2D eigenvalue weighted by atomic mass is 35.5. The first-order valence-corrected chi connectivity index (χ1v) is 8.32. The van der Waals surface area contributed by atoms with E-state index in [0.717, 1.165) is 0 Å². The molecule has 1 aliphatic heterocycles. The summed E-state index contributed by atoms with van der Waals surface area (Å²) in [7, 11) is 8.63. The van der Waals surface area contributed by atoms with Crippen LogP contribution in [0.2, 0.25) is 0 Å². The highest BCUT2D eigenvalue weighted by molar-refractivity contribution is 6.64. The molecule has 1 aromatic carbocycles. The summed E-state index contributed by atoms with van der Waals surface area (Å²) in [4.78, 5) is 25.3. The van der Waals surface area contributed by atoms with E-state index in [1.54, 1.807) is 18.2 Å². The largest absolute Gasteiger partial charge is 0.497 e. The molecule has 1 aromatic rings. The molecule has 1 saturated heterocycles. The van der Waals surface area contributed by atoms with E-state index < -0.39 is 29.4 Å². The number of rotatable bonds is 6. The molecule has 2 unspecified atom stereocenters. The lowest BCUT2D eigenvalue weighted by molar-refractivity contribution is -0.122. The Balaban J connectivity index is 2.48. The molecule has 2 radical (unpaired) electrons. The first kappa shape index (κ1) is 19.6. The van der Waals surface area contributed by atoms with Crippen LogP contribution >= 0.6 is 11.6 Å². The van der Waals surface area contributed by atoms with E-state index in [0.29, 0.717) is 23.5 Å². The van der Waals surface area contributed by atoms with Gasteiger partial charge in [-0.1, -0.05) is 13.8 Å². The summed E-state index contributed by atoms with van der Waals surface area (Å²) in [5.41, 5.74) is 0.566. The molecule has 0 spiro atoms. The van der Waals surface area contributed by atoms with Gasteiger partial charge < -0.3 is 19.1 Å². The van der Waals surface area contributed by atoms with Crippen LogP contribution in [0.15, 0.2) is 18.2 Å². The number of hydrogen-bond donors (Lipinski definition) is 0. The molecule has 0 aliphatic carbocycles. The Morgan fingerprint density at radius 3 is 2.48 bits per heavy atom. The van der Waals surface area contributed by atoms with Crippen molar-refractivity contribution >= 4 is 30.5 Å². The summed E-state index contributed by atoms with van der Waals surface area (Å²) in [5, 5.41) is -0.660. The van der Waals surface area contributed by atoms with Crippen molar-refractivity contribution < 1.29 is 23.8 Å². The molecule has 3 atom stereocenters. The molecule has 0 saturated carbocycles. The van der Waals surface area contributed by atoms with E-state index in [2.05, 4.69) is 0 Å². The molecule has 6 nitrogen and oxygen atoms in total. The van der Waals surface area contributed by atoms with Gasteiger partial charge in [0.2, 0.25) is 7.85 Å². The molecule has 1 heterocycles. The number of amides is 1. The quantitative estimate of drug-likeness (QED) is 0.573. The van der Waals surface area contributed by atoms with Gasteiger partial charge in [0.05, 0.1) is 20.3 Å². The lowest BCUT2D eigenvalue weighted by Crippen LogP contribution is -2.42. The summed E-state index contributed by atoms with van der Waals surface area (Å²) >= 11 is 5.71. The van der Waals surface area contributed by atoms with Crippen molar-refractivity contribution in [3.63, 3.8) is 0 Å². The van der Waals surface area contributed by atoms with Gasteiger partial charge in [0.25, 0.3) is 5.24 Å². The standard InChI is InChI=1S/C17H21BClNO5/c1-9(2)7-12-14(15(19)21)25-16(20(12)17(18)22)11-6-5-10(23-3)8-13(11)24-4/h5-6,8-9,12,14,16H,7H2,1-4H3/t12?,14-,16?/m1/s1. The fourth-order valence-electron chi connectivity index (χ4n) is 3.06. The first-order chi connectivity index (χ1) is 11.8. The zero-order chi connectivity index (χ0) is 18.7. The number of carbonyl (C=O) groups is 2. The number of benzene rings is 1. The zero-order valence-corrected chi connectivity index (χ0v) is 15.4. The van der Waals surface area contributed by atoms with Crippen LogP contribution in [0.3, 0.4) is 0 Å². The van der Waals surface area contributed by atoms with Gasteiger partial charge in [-0.05, 0) is 36.1 Å². The van der Waals surface area contributed by atoms with Gasteiger partial charge >= 0.3 is 0 Å². The Kier molecular flexibility index (Phi) is 6.35. The number of nitrogens with zero attached hydrogens (tertiary/aromatic N) is 1. The van der Waals surface area contributed by atoms with Gasteiger partial charge in [0.15, 0.2) is 18.1 Å². The van der Waals surface area contributed by atoms with Crippen molar-refractivity contribution in [3.05, 3.63) is 23.8 Å². The lowest BCUT2D eigenvalue weighted by Gasteiger charge is -2.30. The van der Waals surface area contributed by atoms with Crippen molar-refractivity contribution in [1.29, 1.82) is 0 Å². The maximum atomic E-state index is 12.1. The lowest BCUT2D eigenvalue weighted by atomic mass is 9.96. The molecule has 0 aromatic heterocycles. The molecule has 1 amide bonds. The second kappa shape index (κ2) is 8.10. The predicted molar refractivity (Wildman–Crippen MR) is 94.3 cm³/mol. The van der Waals surface area contributed by atoms with Crippen LogP contribution in [0.5, 0.6) is 11.5 Å². The maximum absolute atomic E-state index is 12.1. The van der Waals surface area contributed by atoms with Crippen molar-refractivity contribution in [2.24, 2.45) is 5.92 Å². The summed E-state index contributed by atoms with van der Waals surface area (Å²) in [6.07, 6.45) is -1.29. The highest BCUT2D eigenvalue weighted by Gasteiger charge is 2.47. The molecule has 25 heavy (non-hydrogen) atoms. The minimum absolute atomic E-state index is 0.213. The molecular weight excluding hydrogens is 344 g/mol. The number of methoxy groups -OCH3 is 2. The van der Waals surface area contributed by atoms with Crippen LogP contribution in [0.25, 0.3) is 0 Å². The van der Waals surface area contributed by atoms with Gasteiger partial charge in [-0.15, -0.1) is 0 Å². The summed E-state index contributed by atoms with van der Waals surface area (Å²) < 4.78 is 16.4. The third-order valence-electron chi connectivity index (χ3n) is 4.13. The molecule has 2 rings (SSSR count). The van der Waals surface area contributed by atoms with Gasteiger partial charge in [-0.3, -0.25) is 9.59 Å². The molecule has 8 heteroatoms. The van der Waals surface area contributed by atoms with Crippen molar-refractivity contribution in [1.82, 2.24) is 4.90 Å². The van der Waals surface area contributed by atoms with Crippen LogP contribution in [-0.2, 0) is 9.53 Å². The van der Waals surface area contributed by atoms with Gasteiger partial charge in [-0.2, -0.15) is 0 Å². The van der Waals surface area contributed by atoms with E-state index in [4.69, 9.17) is 33.7 Å². The number of carbonyl (C=O) groups excluding carboxylic acids is 2. The Hall–Kier alpha value is -1.73. The molecule has 134 valence electrons. The van der Waals surface area contributed by atoms with Crippen LogP contribution in [0.1, 0.15) is 32.1 Å². The van der Waals surface area contributed by atoms with Gasteiger partial charge in [-0.25, -0.2) is 0 Å². The van der Waals surface area contributed by atoms with Gasteiger partial charge in [0, 0.05) is 11.6 Å².